The summed E-state index contributed by atoms with van der Waals surface area (Å²) in [4.78, 5) is 24.9. The zero-order valence-corrected chi connectivity index (χ0v) is 11.2. The van der Waals surface area contributed by atoms with Crippen LogP contribution in [0.5, 0.6) is 0 Å². The van der Waals surface area contributed by atoms with Gasteiger partial charge in [-0.1, -0.05) is 6.42 Å². The Labute approximate surface area is 107 Å². The van der Waals surface area contributed by atoms with Crippen LogP contribution >= 0.6 is 0 Å². The van der Waals surface area contributed by atoms with Gasteiger partial charge >= 0.3 is 12.1 Å². The van der Waals surface area contributed by atoms with Gasteiger partial charge in [0.15, 0.2) is 0 Å². The van der Waals surface area contributed by atoms with Crippen molar-refractivity contribution in [1.29, 1.82) is 0 Å². The van der Waals surface area contributed by atoms with Crippen molar-refractivity contribution in [2.24, 2.45) is 5.41 Å². The number of carbonyl (C=O) groups is 2. The van der Waals surface area contributed by atoms with E-state index in [4.69, 9.17) is 4.74 Å². The molecular formula is C13H21NO4. The van der Waals surface area contributed by atoms with E-state index in [0.29, 0.717) is 6.54 Å². The van der Waals surface area contributed by atoms with E-state index < -0.39 is 23.7 Å². The van der Waals surface area contributed by atoms with Crippen LogP contribution in [-0.2, 0) is 9.53 Å². The van der Waals surface area contributed by atoms with Gasteiger partial charge < -0.3 is 9.84 Å². The fraction of sp³-hybridized carbons (Fsp3) is 0.846. The monoisotopic (exact) mass is 255 g/mol. The van der Waals surface area contributed by atoms with Crippen LogP contribution in [0.4, 0.5) is 4.79 Å². The lowest BCUT2D eigenvalue weighted by molar-refractivity contribution is -0.147. The van der Waals surface area contributed by atoms with Crippen LogP contribution in [0.3, 0.4) is 0 Å². The average Bonchev–Trinajstić information content (AvgIpc) is 2.53. The number of hydrogen-bond acceptors (Lipinski definition) is 3. The molecule has 1 atom stereocenters. The Morgan fingerprint density at radius 2 is 1.89 bits per heavy atom. The minimum atomic E-state index is -0.905. The molecule has 1 spiro atoms. The van der Waals surface area contributed by atoms with Crippen molar-refractivity contribution in [2.75, 3.05) is 6.54 Å². The predicted molar refractivity (Wildman–Crippen MR) is 65.3 cm³/mol. The molecule has 102 valence electrons. The smallest absolute Gasteiger partial charge is 0.411 e. The number of nitrogens with zero attached hydrogens (tertiary/aromatic N) is 1. The molecule has 2 rings (SSSR count). The van der Waals surface area contributed by atoms with Crippen LogP contribution in [0.25, 0.3) is 0 Å². The van der Waals surface area contributed by atoms with E-state index >= 15 is 0 Å². The van der Waals surface area contributed by atoms with Gasteiger partial charge in [0.2, 0.25) is 0 Å². The van der Waals surface area contributed by atoms with Crippen LogP contribution in [0.15, 0.2) is 0 Å². The van der Waals surface area contributed by atoms with Crippen molar-refractivity contribution < 1.29 is 19.4 Å². The SMILES string of the molecule is CC(C)(C)OC(=O)N1CCC2(CCC2)C1C(=O)O. The van der Waals surface area contributed by atoms with Crippen molar-refractivity contribution in [2.45, 2.75) is 58.1 Å². The Morgan fingerprint density at radius 1 is 1.28 bits per heavy atom. The number of carbonyl (C=O) groups excluding carboxylic acids is 1. The van der Waals surface area contributed by atoms with E-state index in [1.165, 1.54) is 4.90 Å². The summed E-state index contributed by atoms with van der Waals surface area (Å²) < 4.78 is 5.29. The second-order valence-electron chi connectivity index (χ2n) is 6.38. The number of carboxylic acid groups (broad SMARTS) is 1. The van der Waals surface area contributed by atoms with Crippen LogP contribution in [0.2, 0.25) is 0 Å². The summed E-state index contributed by atoms with van der Waals surface area (Å²) in [7, 11) is 0. The molecule has 1 saturated heterocycles. The third-order valence-corrected chi connectivity index (χ3v) is 3.95. The molecule has 1 N–H and O–H groups in total. The van der Waals surface area contributed by atoms with E-state index in [-0.39, 0.29) is 5.41 Å². The van der Waals surface area contributed by atoms with Gasteiger partial charge in [-0.05, 0) is 40.0 Å². The number of aliphatic carboxylic acids is 1. The molecule has 2 fully saturated rings. The highest BCUT2D eigenvalue weighted by Gasteiger charge is 2.56. The Morgan fingerprint density at radius 3 is 2.28 bits per heavy atom. The molecular weight excluding hydrogens is 234 g/mol. The molecule has 5 nitrogen and oxygen atoms in total. The van der Waals surface area contributed by atoms with Crippen molar-refractivity contribution in [1.82, 2.24) is 4.90 Å². The second-order valence-corrected chi connectivity index (χ2v) is 6.38. The Kier molecular flexibility index (Phi) is 3.03. The quantitative estimate of drug-likeness (QED) is 0.780. The summed E-state index contributed by atoms with van der Waals surface area (Å²) >= 11 is 0. The predicted octanol–water partition coefficient (Wildman–Crippen LogP) is 2.25. The van der Waals surface area contributed by atoms with Gasteiger partial charge in [-0.25, -0.2) is 9.59 Å². The molecule has 0 aromatic heterocycles. The van der Waals surface area contributed by atoms with Crippen LogP contribution in [-0.4, -0.2) is 40.3 Å². The van der Waals surface area contributed by atoms with E-state index in [2.05, 4.69) is 0 Å². The first-order valence-corrected chi connectivity index (χ1v) is 6.48. The molecule has 1 aliphatic carbocycles. The van der Waals surface area contributed by atoms with Gasteiger partial charge in [0.05, 0.1) is 0 Å². The lowest BCUT2D eigenvalue weighted by atomic mass is 9.64. The number of ether oxygens (including phenoxy) is 1. The lowest BCUT2D eigenvalue weighted by Crippen LogP contribution is -2.51. The van der Waals surface area contributed by atoms with Gasteiger partial charge in [0, 0.05) is 12.0 Å². The van der Waals surface area contributed by atoms with Crippen molar-refractivity contribution >= 4 is 12.1 Å². The normalized spacial score (nSPS) is 25.9. The minimum absolute atomic E-state index is 0.192. The van der Waals surface area contributed by atoms with E-state index in [0.717, 1.165) is 25.7 Å². The molecule has 1 amide bonds. The van der Waals surface area contributed by atoms with Gasteiger partial charge in [-0.2, -0.15) is 0 Å². The van der Waals surface area contributed by atoms with Gasteiger partial charge in [0.1, 0.15) is 11.6 Å². The highest BCUT2D eigenvalue weighted by Crippen LogP contribution is 2.52. The van der Waals surface area contributed by atoms with Crippen LogP contribution in [0, 0.1) is 5.41 Å². The van der Waals surface area contributed by atoms with Crippen molar-refractivity contribution in [3.05, 3.63) is 0 Å². The van der Waals surface area contributed by atoms with Crippen molar-refractivity contribution in [3.63, 3.8) is 0 Å². The molecule has 5 heteroatoms. The molecule has 1 unspecified atom stereocenters. The van der Waals surface area contributed by atoms with E-state index in [1.54, 1.807) is 20.8 Å². The Bertz CT molecular complexity index is 368. The zero-order chi connectivity index (χ0) is 13.6. The standard InChI is InChI=1S/C13H21NO4/c1-12(2,3)18-11(17)14-8-7-13(5-4-6-13)9(14)10(15)16/h9H,4-8H2,1-3H3,(H,15,16). The van der Waals surface area contributed by atoms with Crippen LogP contribution in [0.1, 0.15) is 46.5 Å². The Hall–Kier alpha value is -1.26. The summed E-state index contributed by atoms with van der Waals surface area (Å²) in [6.45, 7) is 5.85. The fourth-order valence-electron chi connectivity index (χ4n) is 3.01. The number of hydrogen-bond donors (Lipinski definition) is 1. The highest BCUT2D eigenvalue weighted by atomic mass is 16.6. The maximum Gasteiger partial charge on any atom is 0.411 e. The fourth-order valence-corrected chi connectivity index (χ4v) is 3.01. The first-order valence-electron chi connectivity index (χ1n) is 6.48. The first kappa shape index (κ1) is 13.2. The lowest BCUT2D eigenvalue weighted by Gasteiger charge is -2.42. The molecule has 1 aliphatic heterocycles. The molecule has 0 aromatic carbocycles. The minimum Gasteiger partial charge on any atom is -0.480 e. The highest BCUT2D eigenvalue weighted by molar-refractivity contribution is 5.82. The second kappa shape index (κ2) is 4.14. The van der Waals surface area contributed by atoms with E-state index in [9.17, 15) is 14.7 Å². The summed E-state index contributed by atoms with van der Waals surface area (Å²) in [6.07, 6.45) is 3.15. The van der Waals surface area contributed by atoms with E-state index in [1.807, 2.05) is 0 Å². The van der Waals surface area contributed by atoms with Gasteiger partial charge in [-0.3, -0.25) is 4.90 Å². The molecule has 18 heavy (non-hydrogen) atoms. The average molecular weight is 255 g/mol. The van der Waals surface area contributed by atoms with Crippen LogP contribution < -0.4 is 0 Å². The largest absolute Gasteiger partial charge is 0.480 e. The summed E-state index contributed by atoms with van der Waals surface area (Å²) in [5.74, 6) is -0.905. The topological polar surface area (TPSA) is 66.8 Å². The molecule has 1 saturated carbocycles. The zero-order valence-electron chi connectivity index (χ0n) is 11.2. The summed E-state index contributed by atoms with van der Waals surface area (Å²) in [5, 5.41) is 9.38. The molecule has 1 heterocycles. The summed E-state index contributed by atoms with van der Waals surface area (Å²) in [5.41, 5.74) is -0.780. The maximum absolute atomic E-state index is 12.0. The number of rotatable bonds is 1. The molecule has 0 bridgehead atoms. The third kappa shape index (κ3) is 2.18. The molecule has 0 radical (unpaired) electrons. The summed E-state index contributed by atoms with van der Waals surface area (Å²) in [6, 6.07) is -0.707. The molecule has 2 aliphatic rings. The number of likely N-dealkylation sites (tertiary alicyclic amines) is 1. The Balaban J connectivity index is 2.13. The van der Waals surface area contributed by atoms with Crippen molar-refractivity contribution in [3.8, 4) is 0 Å². The third-order valence-electron chi connectivity index (χ3n) is 3.95. The number of carboxylic acids is 1. The molecule has 0 aromatic rings. The van der Waals surface area contributed by atoms with Gasteiger partial charge in [-0.15, -0.1) is 0 Å². The maximum atomic E-state index is 12.0. The number of amides is 1. The van der Waals surface area contributed by atoms with Gasteiger partial charge in [0.25, 0.3) is 0 Å². The first-order chi connectivity index (χ1) is 8.25.